The first kappa shape index (κ1) is 17.4. The number of nitrogens with zero attached hydrogens (tertiary/aromatic N) is 3. The van der Waals surface area contributed by atoms with E-state index in [2.05, 4.69) is 20.9 Å². The quantitative estimate of drug-likeness (QED) is 0.845. The molecule has 3 rings (SSSR count). The molecule has 2 N–H and O–H groups in total. The molecule has 0 aliphatic carbocycles. The second-order valence-corrected chi connectivity index (χ2v) is 6.34. The Morgan fingerprint density at radius 3 is 2.88 bits per heavy atom. The lowest BCUT2D eigenvalue weighted by Gasteiger charge is -2.22. The predicted octanol–water partition coefficient (Wildman–Crippen LogP) is 2.59. The van der Waals surface area contributed by atoms with Gasteiger partial charge >= 0.3 is 6.03 Å². The number of nitrogens with one attached hydrogen (secondary N) is 2. The zero-order valence-electron chi connectivity index (χ0n) is 14.5. The van der Waals surface area contributed by atoms with Crippen LogP contribution >= 0.6 is 0 Å². The summed E-state index contributed by atoms with van der Waals surface area (Å²) in [5.41, 5.74) is 1.97. The zero-order chi connectivity index (χ0) is 17.5. The summed E-state index contributed by atoms with van der Waals surface area (Å²) in [5, 5.41) is 13.6. The Bertz CT molecular complexity index is 651. The van der Waals surface area contributed by atoms with Crippen molar-refractivity contribution in [3.8, 4) is 5.69 Å². The standard InChI is InChI=1S/C18H25N5O2/c1-14(15-5-7-16(8-6-15)23-12-11-20-22-23)21-18(24)19-10-9-17-4-2-3-13-25-17/h5-8,11-12,14,17H,2-4,9-10,13H2,1H3,(H2,19,21,24)/t14-,17+/m1/s1. The number of hydrogen-bond donors (Lipinski definition) is 2. The van der Waals surface area contributed by atoms with E-state index in [1.807, 2.05) is 31.2 Å². The summed E-state index contributed by atoms with van der Waals surface area (Å²) in [6.45, 7) is 3.45. The first-order valence-corrected chi connectivity index (χ1v) is 8.85. The molecule has 0 unspecified atom stereocenters. The summed E-state index contributed by atoms with van der Waals surface area (Å²) in [7, 11) is 0. The highest BCUT2D eigenvalue weighted by Gasteiger charge is 2.14. The topological polar surface area (TPSA) is 81.1 Å². The van der Waals surface area contributed by atoms with Crippen LogP contribution in [0, 0.1) is 0 Å². The van der Waals surface area contributed by atoms with Gasteiger partial charge in [-0.05, 0) is 50.3 Å². The summed E-state index contributed by atoms with van der Waals surface area (Å²) in [6, 6.07) is 7.66. The van der Waals surface area contributed by atoms with Crippen LogP contribution in [0.1, 0.15) is 44.2 Å². The van der Waals surface area contributed by atoms with Gasteiger partial charge in [-0.15, -0.1) is 5.10 Å². The van der Waals surface area contributed by atoms with Crippen LogP contribution in [0.15, 0.2) is 36.7 Å². The van der Waals surface area contributed by atoms with Crippen molar-refractivity contribution >= 4 is 6.03 Å². The van der Waals surface area contributed by atoms with Crippen LogP contribution in [0.5, 0.6) is 0 Å². The van der Waals surface area contributed by atoms with E-state index in [1.165, 1.54) is 6.42 Å². The molecule has 0 spiro atoms. The van der Waals surface area contributed by atoms with Crippen molar-refractivity contribution < 1.29 is 9.53 Å². The zero-order valence-corrected chi connectivity index (χ0v) is 14.5. The number of carbonyl (C=O) groups is 1. The molecule has 0 saturated carbocycles. The lowest BCUT2D eigenvalue weighted by atomic mass is 10.1. The van der Waals surface area contributed by atoms with Gasteiger partial charge in [0.1, 0.15) is 0 Å². The van der Waals surface area contributed by atoms with Gasteiger partial charge in [-0.25, -0.2) is 9.48 Å². The summed E-state index contributed by atoms with van der Waals surface area (Å²) in [6.07, 6.45) is 8.05. The second kappa shape index (κ2) is 8.62. The lowest BCUT2D eigenvalue weighted by Crippen LogP contribution is -2.38. The van der Waals surface area contributed by atoms with E-state index in [1.54, 1.807) is 17.1 Å². The highest BCUT2D eigenvalue weighted by atomic mass is 16.5. The van der Waals surface area contributed by atoms with Gasteiger partial charge in [0.2, 0.25) is 0 Å². The van der Waals surface area contributed by atoms with E-state index < -0.39 is 0 Å². The molecule has 1 aromatic carbocycles. The SMILES string of the molecule is C[C@@H](NC(=O)NCC[C@@H]1CCCCO1)c1ccc(-n2ccnn2)cc1. The van der Waals surface area contributed by atoms with E-state index in [0.717, 1.165) is 37.1 Å². The minimum Gasteiger partial charge on any atom is -0.378 e. The maximum absolute atomic E-state index is 12.0. The van der Waals surface area contributed by atoms with E-state index >= 15 is 0 Å². The maximum atomic E-state index is 12.0. The molecule has 2 aromatic rings. The number of amides is 2. The third-order valence-electron chi connectivity index (χ3n) is 4.45. The smallest absolute Gasteiger partial charge is 0.315 e. The van der Waals surface area contributed by atoms with Crippen LogP contribution in [-0.4, -0.2) is 40.3 Å². The molecule has 0 bridgehead atoms. The van der Waals surface area contributed by atoms with E-state index in [-0.39, 0.29) is 18.2 Å². The number of benzene rings is 1. The largest absolute Gasteiger partial charge is 0.378 e. The van der Waals surface area contributed by atoms with Gasteiger partial charge in [0.15, 0.2) is 0 Å². The molecule has 1 fully saturated rings. The van der Waals surface area contributed by atoms with Crippen LogP contribution in [0.2, 0.25) is 0 Å². The maximum Gasteiger partial charge on any atom is 0.315 e. The normalized spacial score (nSPS) is 18.5. The lowest BCUT2D eigenvalue weighted by molar-refractivity contribution is 0.0120. The summed E-state index contributed by atoms with van der Waals surface area (Å²) < 4.78 is 7.37. The summed E-state index contributed by atoms with van der Waals surface area (Å²) in [5.74, 6) is 0. The van der Waals surface area contributed by atoms with Crippen LogP contribution in [-0.2, 0) is 4.74 Å². The van der Waals surface area contributed by atoms with Crippen molar-refractivity contribution in [2.75, 3.05) is 13.2 Å². The average Bonchev–Trinajstić information content (AvgIpc) is 3.17. The number of hydrogen-bond acceptors (Lipinski definition) is 4. The first-order chi connectivity index (χ1) is 12.2. The molecule has 134 valence electrons. The molecular weight excluding hydrogens is 318 g/mol. The fourth-order valence-electron chi connectivity index (χ4n) is 2.97. The van der Waals surface area contributed by atoms with Crippen molar-refractivity contribution in [1.82, 2.24) is 25.6 Å². The van der Waals surface area contributed by atoms with Crippen LogP contribution in [0.3, 0.4) is 0 Å². The van der Waals surface area contributed by atoms with Crippen molar-refractivity contribution in [2.45, 2.75) is 44.8 Å². The van der Waals surface area contributed by atoms with Crippen LogP contribution < -0.4 is 10.6 Å². The van der Waals surface area contributed by atoms with Crippen molar-refractivity contribution in [3.63, 3.8) is 0 Å². The highest BCUT2D eigenvalue weighted by Crippen LogP contribution is 2.16. The Hall–Kier alpha value is -2.41. The van der Waals surface area contributed by atoms with E-state index in [4.69, 9.17) is 4.74 Å². The molecule has 7 heteroatoms. The van der Waals surface area contributed by atoms with Crippen molar-refractivity contribution in [2.24, 2.45) is 0 Å². The number of rotatable bonds is 6. The number of urea groups is 1. The predicted molar refractivity (Wildman–Crippen MR) is 94.5 cm³/mol. The third-order valence-corrected chi connectivity index (χ3v) is 4.45. The molecule has 0 radical (unpaired) electrons. The molecule has 7 nitrogen and oxygen atoms in total. The summed E-state index contributed by atoms with van der Waals surface area (Å²) in [4.78, 5) is 12.0. The van der Waals surface area contributed by atoms with Crippen LogP contribution in [0.25, 0.3) is 5.69 Å². The minimum atomic E-state index is -0.149. The Morgan fingerprint density at radius 1 is 1.36 bits per heavy atom. The van der Waals surface area contributed by atoms with Crippen LogP contribution in [0.4, 0.5) is 4.79 Å². The fraction of sp³-hybridized carbons (Fsp3) is 0.500. The van der Waals surface area contributed by atoms with Gasteiger partial charge < -0.3 is 15.4 Å². The van der Waals surface area contributed by atoms with Gasteiger partial charge in [0.25, 0.3) is 0 Å². The molecule has 1 aliphatic rings. The molecule has 25 heavy (non-hydrogen) atoms. The Labute approximate surface area is 147 Å². The number of aromatic nitrogens is 3. The Kier molecular flexibility index (Phi) is 6.00. The average molecular weight is 343 g/mol. The first-order valence-electron chi connectivity index (χ1n) is 8.85. The second-order valence-electron chi connectivity index (χ2n) is 6.34. The highest BCUT2D eigenvalue weighted by molar-refractivity contribution is 5.74. The molecule has 2 atom stereocenters. The van der Waals surface area contributed by atoms with Gasteiger partial charge in [-0.3, -0.25) is 0 Å². The van der Waals surface area contributed by atoms with Gasteiger partial charge in [-0.1, -0.05) is 17.3 Å². The van der Waals surface area contributed by atoms with Gasteiger partial charge in [0.05, 0.1) is 30.2 Å². The van der Waals surface area contributed by atoms with Gasteiger partial charge in [-0.2, -0.15) is 0 Å². The number of ether oxygens (including phenoxy) is 1. The van der Waals surface area contributed by atoms with E-state index in [9.17, 15) is 4.79 Å². The fourth-order valence-corrected chi connectivity index (χ4v) is 2.97. The molecular formula is C18H25N5O2. The van der Waals surface area contributed by atoms with Gasteiger partial charge in [0, 0.05) is 13.2 Å². The Balaban J connectivity index is 1.43. The van der Waals surface area contributed by atoms with Crippen molar-refractivity contribution in [3.05, 3.63) is 42.2 Å². The number of carbonyl (C=O) groups excluding carboxylic acids is 1. The molecule has 1 saturated heterocycles. The monoisotopic (exact) mass is 343 g/mol. The Morgan fingerprint density at radius 2 is 2.20 bits per heavy atom. The summed E-state index contributed by atoms with van der Waals surface area (Å²) >= 11 is 0. The van der Waals surface area contributed by atoms with E-state index in [0.29, 0.717) is 6.54 Å². The molecule has 1 aromatic heterocycles. The molecule has 1 aliphatic heterocycles. The minimum absolute atomic E-state index is 0.0734. The van der Waals surface area contributed by atoms with Crippen molar-refractivity contribution in [1.29, 1.82) is 0 Å². The molecule has 2 heterocycles. The third kappa shape index (κ3) is 5.03. The molecule has 2 amide bonds.